The van der Waals surface area contributed by atoms with Crippen LogP contribution in [0.3, 0.4) is 0 Å². The second-order valence-electron chi connectivity index (χ2n) is 6.87. The van der Waals surface area contributed by atoms with Crippen molar-refractivity contribution >= 4 is 0 Å². The van der Waals surface area contributed by atoms with Gasteiger partial charge in [-0.1, -0.05) is 13.8 Å². The third kappa shape index (κ3) is 6.19. The van der Waals surface area contributed by atoms with Gasteiger partial charge in [-0.15, -0.1) is 0 Å². The molecule has 2 nitrogen and oxygen atoms in total. The third-order valence-corrected chi connectivity index (χ3v) is 4.21. The van der Waals surface area contributed by atoms with Gasteiger partial charge < -0.3 is 9.80 Å². The first-order valence-corrected chi connectivity index (χ1v) is 7.91. The first kappa shape index (κ1) is 16.0. The van der Waals surface area contributed by atoms with Crippen molar-refractivity contribution < 1.29 is 0 Å². The first-order chi connectivity index (χ1) is 8.49. The molecular formula is C16H34N2. The lowest BCUT2D eigenvalue weighted by Crippen LogP contribution is -2.38. The summed E-state index contributed by atoms with van der Waals surface area (Å²) in [4.78, 5) is 5.12. The molecule has 0 N–H and O–H groups in total. The van der Waals surface area contributed by atoms with Crippen LogP contribution in [0.1, 0.15) is 53.4 Å². The smallest absolute Gasteiger partial charge is 0.00385 e. The van der Waals surface area contributed by atoms with Crippen LogP contribution in [0.2, 0.25) is 0 Å². The Bertz CT molecular complexity index is 205. The Morgan fingerprint density at radius 1 is 1.11 bits per heavy atom. The molecule has 0 bridgehead atoms. The molecule has 0 aliphatic carbocycles. The molecule has 0 unspecified atom stereocenters. The van der Waals surface area contributed by atoms with Gasteiger partial charge in [-0.3, -0.25) is 0 Å². The monoisotopic (exact) mass is 254 g/mol. The maximum atomic E-state index is 2.63. The molecule has 1 rings (SSSR count). The summed E-state index contributed by atoms with van der Waals surface area (Å²) < 4.78 is 0. The zero-order chi connectivity index (χ0) is 13.5. The molecule has 0 aromatic rings. The number of piperidine rings is 1. The van der Waals surface area contributed by atoms with E-state index in [2.05, 4.69) is 44.5 Å². The minimum atomic E-state index is 0.739. The second kappa shape index (κ2) is 8.16. The SMILES string of the molecule is CC(C)CN(C)CCCC1CCN(C(C)C)CC1. The summed E-state index contributed by atoms with van der Waals surface area (Å²) in [5, 5.41) is 0. The van der Waals surface area contributed by atoms with Crippen LogP contribution in [0.15, 0.2) is 0 Å². The van der Waals surface area contributed by atoms with E-state index in [4.69, 9.17) is 0 Å². The van der Waals surface area contributed by atoms with E-state index in [9.17, 15) is 0 Å². The molecule has 0 amide bonds. The van der Waals surface area contributed by atoms with Gasteiger partial charge in [0, 0.05) is 12.6 Å². The van der Waals surface area contributed by atoms with Crippen LogP contribution in [0.5, 0.6) is 0 Å². The summed E-state index contributed by atoms with van der Waals surface area (Å²) in [5.41, 5.74) is 0. The topological polar surface area (TPSA) is 6.48 Å². The van der Waals surface area contributed by atoms with Gasteiger partial charge in [0.15, 0.2) is 0 Å². The van der Waals surface area contributed by atoms with E-state index >= 15 is 0 Å². The highest BCUT2D eigenvalue weighted by atomic mass is 15.1. The first-order valence-electron chi connectivity index (χ1n) is 7.91. The highest BCUT2D eigenvalue weighted by Crippen LogP contribution is 2.23. The number of nitrogens with zero attached hydrogens (tertiary/aromatic N) is 2. The fourth-order valence-corrected chi connectivity index (χ4v) is 3.12. The van der Waals surface area contributed by atoms with Gasteiger partial charge in [0.25, 0.3) is 0 Å². The van der Waals surface area contributed by atoms with Crippen molar-refractivity contribution in [2.75, 3.05) is 33.2 Å². The molecule has 1 aliphatic heterocycles. The van der Waals surface area contributed by atoms with Crippen molar-refractivity contribution in [2.45, 2.75) is 59.4 Å². The van der Waals surface area contributed by atoms with E-state index in [0.717, 1.165) is 17.9 Å². The zero-order valence-electron chi connectivity index (χ0n) is 13.3. The van der Waals surface area contributed by atoms with Gasteiger partial charge >= 0.3 is 0 Å². The molecule has 1 heterocycles. The summed E-state index contributed by atoms with van der Waals surface area (Å²) in [6.07, 6.45) is 5.67. The molecule has 2 heteroatoms. The average molecular weight is 254 g/mol. The van der Waals surface area contributed by atoms with E-state index < -0.39 is 0 Å². The fraction of sp³-hybridized carbons (Fsp3) is 1.00. The summed E-state index contributed by atoms with van der Waals surface area (Å²) in [6.45, 7) is 14.4. The second-order valence-corrected chi connectivity index (χ2v) is 6.87. The van der Waals surface area contributed by atoms with Gasteiger partial charge in [-0.2, -0.15) is 0 Å². The van der Waals surface area contributed by atoms with E-state index in [-0.39, 0.29) is 0 Å². The van der Waals surface area contributed by atoms with Crippen LogP contribution in [0.4, 0.5) is 0 Å². The van der Waals surface area contributed by atoms with Crippen molar-refractivity contribution in [3.63, 3.8) is 0 Å². The minimum Gasteiger partial charge on any atom is -0.306 e. The van der Waals surface area contributed by atoms with Crippen LogP contribution >= 0.6 is 0 Å². The normalized spacial score (nSPS) is 19.3. The lowest BCUT2D eigenvalue weighted by atomic mass is 9.91. The molecule has 0 atom stereocenters. The molecule has 0 spiro atoms. The summed E-state index contributed by atoms with van der Waals surface area (Å²) in [6, 6.07) is 0.739. The van der Waals surface area contributed by atoms with Crippen molar-refractivity contribution in [1.29, 1.82) is 0 Å². The molecule has 0 aromatic carbocycles. The summed E-state index contributed by atoms with van der Waals surface area (Å²) in [7, 11) is 2.27. The molecule has 1 saturated heterocycles. The largest absolute Gasteiger partial charge is 0.306 e. The lowest BCUT2D eigenvalue weighted by Gasteiger charge is -2.34. The minimum absolute atomic E-state index is 0.739. The molecule has 0 saturated carbocycles. The van der Waals surface area contributed by atoms with Crippen LogP contribution in [0, 0.1) is 11.8 Å². The maximum absolute atomic E-state index is 2.63. The predicted octanol–water partition coefficient (Wildman–Crippen LogP) is 3.47. The van der Waals surface area contributed by atoms with E-state index in [1.54, 1.807) is 0 Å². The Balaban J connectivity index is 2.07. The molecule has 1 fully saturated rings. The van der Waals surface area contributed by atoms with Crippen LogP contribution in [0.25, 0.3) is 0 Å². The van der Waals surface area contributed by atoms with Crippen molar-refractivity contribution in [1.82, 2.24) is 9.80 Å². The molecule has 18 heavy (non-hydrogen) atoms. The quantitative estimate of drug-likeness (QED) is 0.686. The van der Waals surface area contributed by atoms with Gasteiger partial charge in [-0.05, 0) is 78.0 Å². The van der Waals surface area contributed by atoms with Crippen molar-refractivity contribution in [2.24, 2.45) is 11.8 Å². The van der Waals surface area contributed by atoms with Gasteiger partial charge in [0.2, 0.25) is 0 Å². The lowest BCUT2D eigenvalue weighted by molar-refractivity contribution is 0.142. The van der Waals surface area contributed by atoms with E-state index in [1.807, 2.05) is 0 Å². The molecular weight excluding hydrogens is 220 g/mol. The van der Waals surface area contributed by atoms with Gasteiger partial charge in [0.1, 0.15) is 0 Å². The van der Waals surface area contributed by atoms with Gasteiger partial charge in [0.05, 0.1) is 0 Å². The molecule has 0 radical (unpaired) electrons. The standard InChI is InChI=1S/C16H34N2/c1-14(2)13-17(5)10-6-7-16-8-11-18(12-9-16)15(3)4/h14-16H,6-13H2,1-5H3. The Labute approximate surface area is 115 Å². The Hall–Kier alpha value is -0.0800. The van der Waals surface area contributed by atoms with Crippen molar-refractivity contribution in [3.05, 3.63) is 0 Å². The summed E-state index contributed by atoms with van der Waals surface area (Å²) in [5.74, 6) is 1.79. The number of rotatable bonds is 7. The van der Waals surface area contributed by atoms with Crippen LogP contribution in [-0.4, -0.2) is 49.1 Å². The number of likely N-dealkylation sites (tertiary alicyclic amines) is 1. The van der Waals surface area contributed by atoms with Crippen LogP contribution < -0.4 is 0 Å². The Morgan fingerprint density at radius 2 is 1.72 bits per heavy atom. The molecule has 108 valence electrons. The van der Waals surface area contributed by atoms with E-state index in [1.165, 1.54) is 51.9 Å². The predicted molar refractivity (Wildman–Crippen MR) is 81.0 cm³/mol. The Kier molecular flexibility index (Phi) is 7.25. The average Bonchev–Trinajstić information content (AvgIpc) is 2.28. The highest BCUT2D eigenvalue weighted by molar-refractivity contribution is 4.74. The van der Waals surface area contributed by atoms with Gasteiger partial charge in [-0.25, -0.2) is 0 Å². The Morgan fingerprint density at radius 3 is 2.22 bits per heavy atom. The van der Waals surface area contributed by atoms with Crippen molar-refractivity contribution in [3.8, 4) is 0 Å². The number of hydrogen-bond acceptors (Lipinski definition) is 2. The maximum Gasteiger partial charge on any atom is 0.00385 e. The highest BCUT2D eigenvalue weighted by Gasteiger charge is 2.20. The van der Waals surface area contributed by atoms with Crippen LogP contribution in [-0.2, 0) is 0 Å². The summed E-state index contributed by atoms with van der Waals surface area (Å²) >= 11 is 0. The third-order valence-electron chi connectivity index (χ3n) is 4.21. The molecule has 1 aliphatic rings. The zero-order valence-corrected chi connectivity index (χ0v) is 13.3. The molecule has 0 aromatic heterocycles. The fourth-order valence-electron chi connectivity index (χ4n) is 3.12. The number of hydrogen-bond donors (Lipinski definition) is 0. The van der Waals surface area contributed by atoms with E-state index in [0.29, 0.717) is 0 Å².